The number of nitrogens with zero attached hydrogens (tertiary/aromatic N) is 1. The summed E-state index contributed by atoms with van der Waals surface area (Å²) in [5, 5.41) is 2.79. The summed E-state index contributed by atoms with van der Waals surface area (Å²) >= 11 is 0. The number of rotatable bonds is 6. The molecule has 0 aromatic heterocycles. The van der Waals surface area contributed by atoms with Crippen LogP contribution in [0.15, 0.2) is 48.5 Å². The van der Waals surface area contributed by atoms with Gasteiger partial charge >= 0.3 is 0 Å². The van der Waals surface area contributed by atoms with Crippen LogP contribution >= 0.6 is 0 Å². The Kier molecular flexibility index (Phi) is 5.42. The summed E-state index contributed by atoms with van der Waals surface area (Å²) in [4.78, 5) is 39.0. The van der Waals surface area contributed by atoms with Crippen LogP contribution in [0, 0.1) is 0 Å². The minimum atomic E-state index is -0.379. The molecule has 1 saturated heterocycles. The Hall–Kier alpha value is -3.03. The molecule has 2 aromatic carbocycles. The maximum Gasteiger partial charge on any atom is 0.261 e. The quantitative estimate of drug-likeness (QED) is 0.730. The first-order valence-electron chi connectivity index (χ1n) is 9.75. The monoisotopic (exact) mass is 393 g/mol. The molecule has 2 atom stereocenters. The van der Waals surface area contributed by atoms with Crippen molar-refractivity contribution in [1.82, 2.24) is 10.2 Å². The summed E-state index contributed by atoms with van der Waals surface area (Å²) in [6, 6.07) is 13.7. The topological polar surface area (TPSA) is 102 Å². The Morgan fingerprint density at radius 3 is 2.62 bits per heavy atom. The van der Waals surface area contributed by atoms with E-state index in [1.54, 1.807) is 6.07 Å². The number of benzene rings is 2. The number of nitrogens with two attached hydrogens (primary N) is 1. The summed E-state index contributed by atoms with van der Waals surface area (Å²) in [6.07, 6.45) is 1.66. The minimum absolute atomic E-state index is 0.112. The molecule has 7 nitrogen and oxygen atoms in total. The second-order valence-electron chi connectivity index (χ2n) is 7.34. The number of imide groups is 1. The van der Waals surface area contributed by atoms with Crippen molar-refractivity contribution >= 4 is 17.7 Å². The normalized spacial score (nSPS) is 19.3. The molecule has 4 rings (SSSR count). The van der Waals surface area contributed by atoms with E-state index in [1.807, 2.05) is 30.3 Å². The SMILES string of the molecule is NC(CNC(=O)c1ccc2c(c1)C(=O)N(CC1CCCO1)C2=O)c1ccccc1. The first-order chi connectivity index (χ1) is 14.0. The van der Waals surface area contributed by atoms with Gasteiger partial charge in [0, 0.05) is 24.8 Å². The summed E-state index contributed by atoms with van der Waals surface area (Å²) in [5.74, 6) is -1.05. The first-order valence-corrected chi connectivity index (χ1v) is 9.75. The fourth-order valence-electron chi connectivity index (χ4n) is 3.71. The fourth-order valence-corrected chi connectivity index (χ4v) is 3.71. The highest BCUT2D eigenvalue weighted by molar-refractivity contribution is 6.22. The van der Waals surface area contributed by atoms with E-state index < -0.39 is 0 Å². The molecule has 7 heteroatoms. The van der Waals surface area contributed by atoms with Crippen molar-refractivity contribution in [3.8, 4) is 0 Å². The van der Waals surface area contributed by atoms with Crippen LogP contribution in [0.5, 0.6) is 0 Å². The highest BCUT2D eigenvalue weighted by Gasteiger charge is 2.37. The number of amides is 3. The van der Waals surface area contributed by atoms with Crippen molar-refractivity contribution in [3.05, 3.63) is 70.8 Å². The van der Waals surface area contributed by atoms with E-state index in [9.17, 15) is 14.4 Å². The zero-order chi connectivity index (χ0) is 20.4. The molecule has 0 radical (unpaired) electrons. The van der Waals surface area contributed by atoms with Crippen LogP contribution in [0.4, 0.5) is 0 Å². The lowest BCUT2D eigenvalue weighted by atomic mass is 10.0. The molecular weight excluding hydrogens is 370 g/mol. The van der Waals surface area contributed by atoms with E-state index in [0.717, 1.165) is 18.4 Å². The van der Waals surface area contributed by atoms with E-state index >= 15 is 0 Å². The number of nitrogens with one attached hydrogen (secondary N) is 1. The van der Waals surface area contributed by atoms with Gasteiger partial charge < -0.3 is 15.8 Å². The van der Waals surface area contributed by atoms with Gasteiger partial charge in [0.25, 0.3) is 17.7 Å². The van der Waals surface area contributed by atoms with Crippen molar-refractivity contribution in [1.29, 1.82) is 0 Å². The Morgan fingerprint density at radius 1 is 1.14 bits per heavy atom. The molecule has 0 saturated carbocycles. The average molecular weight is 393 g/mol. The third-order valence-electron chi connectivity index (χ3n) is 5.35. The number of fused-ring (bicyclic) bond motifs is 1. The van der Waals surface area contributed by atoms with E-state index in [4.69, 9.17) is 10.5 Å². The summed E-state index contributed by atoms with van der Waals surface area (Å²) < 4.78 is 5.54. The lowest BCUT2D eigenvalue weighted by Gasteiger charge is -2.17. The molecule has 2 unspecified atom stereocenters. The molecule has 2 aliphatic heterocycles. The number of ether oxygens (including phenoxy) is 1. The fraction of sp³-hybridized carbons (Fsp3) is 0.318. The Bertz CT molecular complexity index is 938. The predicted octanol–water partition coefficient (Wildman–Crippen LogP) is 1.89. The van der Waals surface area contributed by atoms with Crippen molar-refractivity contribution < 1.29 is 19.1 Å². The van der Waals surface area contributed by atoms with Gasteiger partial charge in [-0.15, -0.1) is 0 Å². The van der Waals surface area contributed by atoms with Crippen LogP contribution in [-0.4, -0.2) is 48.4 Å². The number of hydrogen-bond acceptors (Lipinski definition) is 5. The van der Waals surface area contributed by atoms with Gasteiger partial charge in [-0.3, -0.25) is 19.3 Å². The predicted molar refractivity (Wildman–Crippen MR) is 106 cm³/mol. The number of carbonyl (C=O) groups is 3. The molecule has 1 fully saturated rings. The van der Waals surface area contributed by atoms with Gasteiger partial charge in [0.05, 0.1) is 23.8 Å². The number of hydrogen-bond donors (Lipinski definition) is 2. The van der Waals surface area contributed by atoms with Crippen LogP contribution in [0.25, 0.3) is 0 Å². The molecule has 2 aromatic rings. The summed E-state index contributed by atoms with van der Waals surface area (Å²) in [6.45, 7) is 1.17. The Labute approximate surface area is 168 Å². The van der Waals surface area contributed by atoms with Gasteiger partial charge in [-0.2, -0.15) is 0 Å². The van der Waals surface area contributed by atoms with E-state index in [-0.39, 0.29) is 48.5 Å². The van der Waals surface area contributed by atoms with Gasteiger partial charge in [0.1, 0.15) is 0 Å². The van der Waals surface area contributed by atoms with E-state index in [2.05, 4.69) is 5.32 Å². The van der Waals surface area contributed by atoms with Crippen LogP contribution < -0.4 is 11.1 Å². The molecule has 0 spiro atoms. The van der Waals surface area contributed by atoms with Gasteiger partial charge in [-0.25, -0.2) is 0 Å². The van der Waals surface area contributed by atoms with Gasteiger partial charge in [-0.1, -0.05) is 30.3 Å². The molecule has 2 heterocycles. The Morgan fingerprint density at radius 2 is 1.90 bits per heavy atom. The standard InChI is InChI=1S/C22H23N3O4/c23-19(14-5-2-1-3-6-14)12-24-20(26)15-8-9-17-18(11-15)22(28)25(21(17)27)13-16-7-4-10-29-16/h1-3,5-6,8-9,11,16,19H,4,7,10,12-13,23H2,(H,24,26). The molecular formula is C22H23N3O4. The highest BCUT2D eigenvalue weighted by atomic mass is 16.5. The summed E-state index contributed by atoms with van der Waals surface area (Å²) in [7, 11) is 0. The largest absolute Gasteiger partial charge is 0.376 e. The van der Waals surface area contributed by atoms with Gasteiger partial charge in [-0.05, 0) is 36.6 Å². The van der Waals surface area contributed by atoms with Crippen molar-refractivity contribution in [2.45, 2.75) is 25.0 Å². The van der Waals surface area contributed by atoms with Crippen molar-refractivity contribution in [2.24, 2.45) is 5.73 Å². The molecule has 150 valence electrons. The minimum Gasteiger partial charge on any atom is -0.376 e. The highest BCUT2D eigenvalue weighted by Crippen LogP contribution is 2.26. The molecule has 0 aliphatic carbocycles. The van der Waals surface area contributed by atoms with Crippen LogP contribution in [-0.2, 0) is 4.74 Å². The van der Waals surface area contributed by atoms with Crippen molar-refractivity contribution in [3.63, 3.8) is 0 Å². The molecule has 29 heavy (non-hydrogen) atoms. The first kappa shape index (κ1) is 19.3. The van der Waals surface area contributed by atoms with E-state index in [0.29, 0.717) is 17.7 Å². The molecule has 0 bridgehead atoms. The third-order valence-corrected chi connectivity index (χ3v) is 5.35. The van der Waals surface area contributed by atoms with Crippen LogP contribution in [0.1, 0.15) is 55.5 Å². The van der Waals surface area contributed by atoms with Crippen molar-refractivity contribution in [2.75, 3.05) is 19.7 Å². The average Bonchev–Trinajstić information content (AvgIpc) is 3.35. The zero-order valence-electron chi connectivity index (χ0n) is 16.0. The van der Waals surface area contributed by atoms with Crippen LogP contribution in [0.2, 0.25) is 0 Å². The molecule has 2 aliphatic rings. The lowest BCUT2D eigenvalue weighted by Crippen LogP contribution is -2.36. The maximum atomic E-state index is 12.7. The molecule has 3 N–H and O–H groups in total. The number of carbonyl (C=O) groups excluding carboxylic acids is 3. The Balaban J connectivity index is 1.43. The second-order valence-corrected chi connectivity index (χ2v) is 7.34. The lowest BCUT2D eigenvalue weighted by molar-refractivity contribution is 0.0475. The van der Waals surface area contributed by atoms with Gasteiger partial charge in [0.2, 0.25) is 0 Å². The smallest absolute Gasteiger partial charge is 0.261 e. The zero-order valence-corrected chi connectivity index (χ0v) is 16.0. The third kappa shape index (κ3) is 3.92. The van der Waals surface area contributed by atoms with Gasteiger partial charge in [0.15, 0.2) is 0 Å². The summed E-state index contributed by atoms with van der Waals surface area (Å²) in [5.41, 5.74) is 7.94. The maximum absolute atomic E-state index is 12.7. The second kappa shape index (κ2) is 8.14. The molecule has 3 amide bonds. The van der Waals surface area contributed by atoms with Crippen LogP contribution in [0.3, 0.4) is 0 Å². The van der Waals surface area contributed by atoms with E-state index in [1.165, 1.54) is 17.0 Å².